The molecule has 0 spiro atoms. The molecule has 2 heterocycles. The maximum absolute atomic E-state index is 4.38. The molecule has 0 amide bonds. The highest BCUT2D eigenvalue weighted by Gasteiger charge is 2.05. The lowest BCUT2D eigenvalue weighted by molar-refractivity contribution is 1.20. The predicted molar refractivity (Wildman–Crippen MR) is 64.8 cm³/mol. The van der Waals surface area contributed by atoms with Crippen LogP contribution in [0, 0.1) is 0 Å². The van der Waals surface area contributed by atoms with Crippen molar-refractivity contribution in [3.8, 4) is 11.4 Å². The summed E-state index contributed by atoms with van der Waals surface area (Å²) < 4.78 is 0.669. The Morgan fingerprint density at radius 3 is 2.69 bits per heavy atom. The van der Waals surface area contributed by atoms with Crippen LogP contribution >= 0.6 is 15.9 Å². The van der Waals surface area contributed by atoms with Crippen molar-refractivity contribution in [3.63, 3.8) is 0 Å². The summed E-state index contributed by atoms with van der Waals surface area (Å²) in [5.41, 5.74) is 2.48. The molecule has 0 aliphatic carbocycles. The predicted octanol–water partition coefficient (Wildman–Crippen LogP) is 2.78. The van der Waals surface area contributed by atoms with Gasteiger partial charge < -0.3 is 4.98 Å². The molecule has 0 unspecified atom stereocenters. The summed E-state index contributed by atoms with van der Waals surface area (Å²) in [5, 5.41) is 0. The largest absolute Gasteiger partial charge is 0.330 e. The number of imidazole rings is 1. The summed E-state index contributed by atoms with van der Waals surface area (Å²) in [6, 6.07) is 9.84. The van der Waals surface area contributed by atoms with E-state index in [4.69, 9.17) is 0 Å². The summed E-state index contributed by atoms with van der Waals surface area (Å²) >= 11 is 3.27. The van der Waals surface area contributed by atoms with E-state index in [1.54, 1.807) is 6.20 Å². The maximum atomic E-state index is 4.38. The number of rotatable bonds is 1. The number of hydrogen-bond donors (Lipinski definition) is 1. The van der Waals surface area contributed by atoms with Crippen LogP contribution in [0.2, 0.25) is 0 Å². The van der Waals surface area contributed by atoms with Crippen molar-refractivity contribution >= 4 is 27.1 Å². The lowest BCUT2D eigenvalue weighted by Gasteiger charge is -1.97. The fourth-order valence-corrected chi connectivity index (χ4v) is 1.89. The number of nitrogens with one attached hydrogen (secondary N) is 1. The highest BCUT2D eigenvalue weighted by Crippen LogP contribution is 2.17. The Balaban J connectivity index is 2.18. The second-order valence-corrected chi connectivity index (χ2v) is 4.08. The monoisotopic (exact) mass is 274 g/mol. The third-order valence-corrected chi connectivity index (χ3v) is 2.62. The normalized spacial score (nSPS) is 10.8. The number of benzene rings is 1. The van der Waals surface area contributed by atoms with Crippen molar-refractivity contribution < 1.29 is 0 Å². The average molecular weight is 275 g/mol. The first-order valence-corrected chi connectivity index (χ1v) is 5.56. The van der Waals surface area contributed by atoms with Gasteiger partial charge in [-0.05, 0) is 15.9 Å². The van der Waals surface area contributed by atoms with Gasteiger partial charge in [-0.3, -0.25) is 0 Å². The molecule has 5 heteroatoms. The fraction of sp³-hybridized carbons (Fsp3) is 0. The summed E-state index contributed by atoms with van der Waals surface area (Å²) in [5.74, 6) is 0.687. The number of aromatic amines is 1. The summed E-state index contributed by atoms with van der Waals surface area (Å²) in [7, 11) is 0. The van der Waals surface area contributed by atoms with Crippen LogP contribution in [0.4, 0.5) is 0 Å². The molecule has 2 aromatic heterocycles. The Hall–Kier alpha value is -1.75. The molecule has 78 valence electrons. The highest BCUT2D eigenvalue weighted by atomic mass is 79.9. The molecule has 0 aliphatic heterocycles. The molecule has 0 saturated carbocycles. The molecule has 0 fully saturated rings. The molecule has 3 rings (SSSR count). The average Bonchev–Trinajstić information content (AvgIpc) is 2.69. The third kappa shape index (κ3) is 1.59. The Kier molecular flexibility index (Phi) is 2.18. The summed E-state index contributed by atoms with van der Waals surface area (Å²) in [6.45, 7) is 0. The van der Waals surface area contributed by atoms with Gasteiger partial charge >= 0.3 is 0 Å². The Morgan fingerprint density at radius 2 is 1.88 bits per heavy atom. The lowest BCUT2D eigenvalue weighted by Crippen LogP contribution is -1.88. The Labute approximate surface area is 99.9 Å². The number of H-pyrrole nitrogens is 1. The first-order valence-electron chi connectivity index (χ1n) is 4.76. The minimum Gasteiger partial charge on any atom is -0.330 e. The SMILES string of the molecule is Brc1nc2nc(-c3ccccc3)ncc2[nH]1. The minimum atomic E-state index is 0.667. The number of hydrogen-bond acceptors (Lipinski definition) is 3. The molecular weight excluding hydrogens is 268 g/mol. The van der Waals surface area contributed by atoms with E-state index in [0.29, 0.717) is 16.2 Å². The topological polar surface area (TPSA) is 54.5 Å². The van der Waals surface area contributed by atoms with Crippen molar-refractivity contribution in [2.45, 2.75) is 0 Å². The van der Waals surface area contributed by atoms with E-state index in [9.17, 15) is 0 Å². The molecule has 4 nitrogen and oxygen atoms in total. The fourth-order valence-electron chi connectivity index (χ4n) is 1.50. The molecule has 16 heavy (non-hydrogen) atoms. The number of fused-ring (bicyclic) bond motifs is 1. The van der Waals surface area contributed by atoms with Gasteiger partial charge in [-0.25, -0.2) is 15.0 Å². The Bertz CT molecular complexity index is 633. The molecule has 1 aromatic carbocycles. The van der Waals surface area contributed by atoms with Gasteiger partial charge in [0.15, 0.2) is 16.2 Å². The highest BCUT2D eigenvalue weighted by molar-refractivity contribution is 9.10. The van der Waals surface area contributed by atoms with Crippen LogP contribution < -0.4 is 0 Å². The van der Waals surface area contributed by atoms with Crippen molar-refractivity contribution in [2.24, 2.45) is 0 Å². The van der Waals surface area contributed by atoms with Crippen LogP contribution in [-0.4, -0.2) is 19.9 Å². The van der Waals surface area contributed by atoms with Crippen molar-refractivity contribution in [2.75, 3.05) is 0 Å². The first-order chi connectivity index (χ1) is 7.83. The summed E-state index contributed by atoms with van der Waals surface area (Å²) in [6.07, 6.45) is 1.74. The first kappa shape index (κ1) is 9.47. The van der Waals surface area contributed by atoms with Gasteiger partial charge in [0.1, 0.15) is 5.52 Å². The van der Waals surface area contributed by atoms with Crippen molar-refractivity contribution in [3.05, 3.63) is 41.3 Å². The van der Waals surface area contributed by atoms with Gasteiger partial charge in [0.25, 0.3) is 0 Å². The zero-order valence-corrected chi connectivity index (χ0v) is 9.77. The van der Waals surface area contributed by atoms with Crippen LogP contribution in [0.15, 0.2) is 41.3 Å². The summed E-state index contributed by atoms with van der Waals surface area (Å²) in [4.78, 5) is 15.9. The molecule has 0 atom stereocenters. The molecule has 1 N–H and O–H groups in total. The number of halogens is 1. The molecule has 3 aromatic rings. The maximum Gasteiger partial charge on any atom is 0.182 e. The van der Waals surface area contributed by atoms with Gasteiger partial charge in [0.05, 0.1) is 6.20 Å². The molecule has 0 radical (unpaired) electrons. The lowest BCUT2D eigenvalue weighted by atomic mass is 10.2. The Morgan fingerprint density at radius 1 is 1.06 bits per heavy atom. The molecule has 0 bridgehead atoms. The van der Waals surface area contributed by atoms with Gasteiger partial charge in [-0.15, -0.1) is 0 Å². The minimum absolute atomic E-state index is 0.667. The number of nitrogens with zero attached hydrogens (tertiary/aromatic N) is 3. The van der Waals surface area contributed by atoms with E-state index in [2.05, 4.69) is 35.9 Å². The van der Waals surface area contributed by atoms with E-state index in [0.717, 1.165) is 11.1 Å². The van der Waals surface area contributed by atoms with Crippen LogP contribution in [0.1, 0.15) is 0 Å². The van der Waals surface area contributed by atoms with E-state index in [-0.39, 0.29) is 0 Å². The van der Waals surface area contributed by atoms with Crippen molar-refractivity contribution in [1.29, 1.82) is 0 Å². The van der Waals surface area contributed by atoms with Gasteiger partial charge in [0.2, 0.25) is 0 Å². The quantitative estimate of drug-likeness (QED) is 0.695. The second-order valence-electron chi connectivity index (χ2n) is 3.32. The van der Waals surface area contributed by atoms with Crippen LogP contribution in [-0.2, 0) is 0 Å². The van der Waals surface area contributed by atoms with E-state index < -0.39 is 0 Å². The third-order valence-electron chi connectivity index (χ3n) is 2.24. The smallest absolute Gasteiger partial charge is 0.182 e. The standard InChI is InChI=1S/C11H7BrN4/c12-11-14-8-6-13-9(15-10(8)16-11)7-4-2-1-3-5-7/h1-6H,(H,13,14,15,16). The molecule has 0 aliphatic rings. The van der Waals surface area contributed by atoms with Gasteiger partial charge in [0, 0.05) is 5.56 Å². The van der Waals surface area contributed by atoms with Crippen LogP contribution in [0.25, 0.3) is 22.6 Å². The zero-order chi connectivity index (χ0) is 11.0. The number of aromatic nitrogens is 4. The van der Waals surface area contributed by atoms with Crippen LogP contribution in [0.5, 0.6) is 0 Å². The second kappa shape index (κ2) is 3.68. The van der Waals surface area contributed by atoms with Crippen LogP contribution in [0.3, 0.4) is 0 Å². The van der Waals surface area contributed by atoms with Crippen molar-refractivity contribution in [1.82, 2.24) is 19.9 Å². The zero-order valence-electron chi connectivity index (χ0n) is 8.18. The van der Waals surface area contributed by atoms with E-state index >= 15 is 0 Å². The van der Waals surface area contributed by atoms with Gasteiger partial charge in [-0.1, -0.05) is 30.3 Å². The van der Waals surface area contributed by atoms with Gasteiger partial charge in [-0.2, -0.15) is 0 Å². The molecular formula is C11H7BrN4. The molecule has 0 saturated heterocycles. The van der Waals surface area contributed by atoms with E-state index in [1.165, 1.54) is 0 Å². The van der Waals surface area contributed by atoms with E-state index in [1.807, 2.05) is 30.3 Å².